The van der Waals surface area contributed by atoms with Crippen molar-refractivity contribution in [3.05, 3.63) is 77.5 Å². The Morgan fingerprint density at radius 1 is 1.00 bits per heavy atom. The summed E-state index contributed by atoms with van der Waals surface area (Å²) in [4.78, 5) is 18.9. The maximum absolute atomic E-state index is 13.4. The van der Waals surface area contributed by atoms with E-state index in [1.807, 2.05) is 63.2 Å². The van der Waals surface area contributed by atoms with Gasteiger partial charge in [0.25, 0.3) is 5.91 Å². The van der Waals surface area contributed by atoms with Crippen LogP contribution in [0.2, 0.25) is 0 Å². The molecule has 2 aromatic carbocycles. The lowest BCUT2D eigenvalue weighted by molar-refractivity contribution is -0.140. The van der Waals surface area contributed by atoms with Crippen molar-refractivity contribution in [3.63, 3.8) is 0 Å². The van der Waals surface area contributed by atoms with E-state index in [2.05, 4.69) is 10.3 Å². The number of aromatic nitrogens is 1. The fourth-order valence-electron chi connectivity index (χ4n) is 3.29. The summed E-state index contributed by atoms with van der Waals surface area (Å²) in [6.45, 7) is 3.94. The molecule has 3 rings (SSSR count). The van der Waals surface area contributed by atoms with Crippen molar-refractivity contribution in [1.29, 1.82) is 0 Å². The quantitative estimate of drug-likeness (QED) is 0.633. The number of alkyl halides is 3. The second-order valence-electron chi connectivity index (χ2n) is 7.94. The number of pyridine rings is 1. The number of amides is 1. The van der Waals surface area contributed by atoms with Gasteiger partial charge in [0.1, 0.15) is 5.69 Å². The van der Waals surface area contributed by atoms with Crippen LogP contribution in [0.5, 0.6) is 0 Å². The molecule has 1 atom stereocenters. The van der Waals surface area contributed by atoms with Crippen molar-refractivity contribution in [1.82, 2.24) is 15.2 Å². The summed E-state index contributed by atoms with van der Waals surface area (Å²) in [5, 5.41) is 3.34. The summed E-state index contributed by atoms with van der Waals surface area (Å²) < 4.78 is 40.1. The molecule has 0 aliphatic heterocycles. The lowest BCUT2D eigenvalue weighted by Gasteiger charge is -2.40. The number of likely N-dealkylation sites (N-methyl/N-ethyl adjacent to an activating group) is 1. The van der Waals surface area contributed by atoms with Crippen LogP contribution in [-0.4, -0.2) is 35.4 Å². The molecule has 0 fully saturated rings. The van der Waals surface area contributed by atoms with Gasteiger partial charge in [0.15, 0.2) is 0 Å². The van der Waals surface area contributed by atoms with Crippen LogP contribution in [0.1, 0.15) is 41.5 Å². The topological polar surface area (TPSA) is 45.2 Å². The van der Waals surface area contributed by atoms with Crippen molar-refractivity contribution in [3.8, 4) is 0 Å². The van der Waals surface area contributed by atoms with E-state index in [1.54, 1.807) is 18.2 Å². The van der Waals surface area contributed by atoms with Gasteiger partial charge in [-0.25, -0.2) is 4.98 Å². The SMILES string of the molecule is CN(C)C(C)(C)C(NC(=O)c1cc(C(F)(F)F)nc2ccccc12)c1ccccc1. The summed E-state index contributed by atoms with van der Waals surface area (Å²) in [7, 11) is 3.79. The molecule has 0 saturated carbocycles. The largest absolute Gasteiger partial charge is 0.433 e. The first-order valence-electron chi connectivity index (χ1n) is 9.52. The molecule has 1 aromatic heterocycles. The molecular formula is C23H24F3N3O. The average Bonchev–Trinajstić information content (AvgIpc) is 2.70. The predicted octanol–water partition coefficient (Wildman–Crippen LogP) is 5.06. The number of benzene rings is 2. The molecule has 0 spiro atoms. The first-order valence-corrected chi connectivity index (χ1v) is 9.52. The minimum atomic E-state index is -4.65. The van der Waals surface area contributed by atoms with Crippen molar-refractivity contribution in [2.24, 2.45) is 0 Å². The third kappa shape index (κ3) is 4.31. The maximum Gasteiger partial charge on any atom is 0.433 e. The van der Waals surface area contributed by atoms with Crippen molar-refractivity contribution in [2.75, 3.05) is 14.1 Å². The van der Waals surface area contributed by atoms with Crippen molar-refractivity contribution < 1.29 is 18.0 Å². The third-order valence-electron chi connectivity index (χ3n) is 5.52. The van der Waals surface area contributed by atoms with E-state index in [1.165, 1.54) is 6.07 Å². The molecule has 1 N–H and O–H groups in total. The van der Waals surface area contributed by atoms with Crippen LogP contribution >= 0.6 is 0 Å². The molecular weight excluding hydrogens is 391 g/mol. The number of nitrogens with zero attached hydrogens (tertiary/aromatic N) is 2. The number of carbonyl (C=O) groups is 1. The molecule has 0 bridgehead atoms. The zero-order chi connectivity index (χ0) is 22.1. The Balaban J connectivity index is 2.10. The molecule has 0 saturated heterocycles. The minimum absolute atomic E-state index is 0.0524. The monoisotopic (exact) mass is 415 g/mol. The molecule has 1 amide bonds. The predicted molar refractivity (Wildman–Crippen MR) is 111 cm³/mol. The zero-order valence-corrected chi connectivity index (χ0v) is 17.3. The highest BCUT2D eigenvalue weighted by molar-refractivity contribution is 6.06. The second kappa shape index (κ2) is 8.07. The lowest BCUT2D eigenvalue weighted by Crippen LogP contribution is -2.50. The molecule has 3 aromatic rings. The molecule has 7 heteroatoms. The molecule has 158 valence electrons. The van der Waals surface area contributed by atoms with Gasteiger partial charge in [-0.15, -0.1) is 0 Å². The molecule has 30 heavy (non-hydrogen) atoms. The van der Waals surface area contributed by atoms with Gasteiger partial charge in [-0.3, -0.25) is 4.79 Å². The number of para-hydroxylation sites is 1. The molecule has 1 heterocycles. The fourth-order valence-corrected chi connectivity index (χ4v) is 3.29. The summed E-state index contributed by atoms with van der Waals surface area (Å²) in [6, 6.07) is 16.1. The van der Waals surface area contributed by atoms with Crippen LogP contribution in [0.15, 0.2) is 60.7 Å². The Bertz CT molecular complexity index is 1050. The van der Waals surface area contributed by atoms with Gasteiger partial charge in [-0.2, -0.15) is 13.2 Å². The van der Waals surface area contributed by atoms with E-state index in [-0.39, 0.29) is 11.1 Å². The summed E-state index contributed by atoms with van der Waals surface area (Å²) >= 11 is 0. The van der Waals surface area contributed by atoms with Crippen LogP contribution in [0.4, 0.5) is 13.2 Å². The van der Waals surface area contributed by atoms with Gasteiger partial charge in [0.2, 0.25) is 0 Å². The van der Waals surface area contributed by atoms with Gasteiger partial charge in [0, 0.05) is 10.9 Å². The van der Waals surface area contributed by atoms with Gasteiger partial charge < -0.3 is 10.2 Å². The number of carbonyl (C=O) groups excluding carboxylic acids is 1. The smallest absolute Gasteiger partial charge is 0.343 e. The Morgan fingerprint density at radius 3 is 2.20 bits per heavy atom. The minimum Gasteiger partial charge on any atom is -0.343 e. The average molecular weight is 415 g/mol. The third-order valence-corrected chi connectivity index (χ3v) is 5.52. The van der Waals surface area contributed by atoms with E-state index in [0.29, 0.717) is 5.39 Å². The molecule has 0 aliphatic carbocycles. The standard InChI is InChI=1S/C23H24F3N3O/c1-22(2,29(3)4)20(15-10-6-5-7-11-15)28-21(30)17-14-19(23(24,25)26)27-18-13-9-8-12-16(17)18/h5-14,20H,1-4H3,(H,28,30). The van der Waals surface area contributed by atoms with Crippen LogP contribution in [-0.2, 0) is 6.18 Å². The van der Waals surface area contributed by atoms with Crippen molar-refractivity contribution in [2.45, 2.75) is 31.6 Å². The van der Waals surface area contributed by atoms with Gasteiger partial charge in [0.05, 0.1) is 17.1 Å². The van der Waals surface area contributed by atoms with E-state index >= 15 is 0 Å². The summed E-state index contributed by atoms with van der Waals surface area (Å²) in [5.41, 5.74) is -0.662. The number of halogens is 3. The van der Waals surface area contributed by atoms with Crippen LogP contribution in [0, 0.1) is 0 Å². The van der Waals surface area contributed by atoms with Gasteiger partial charge in [-0.05, 0) is 45.6 Å². The number of nitrogens with one attached hydrogen (secondary N) is 1. The molecule has 4 nitrogen and oxygen atoms in total. The molecule has 0 aliphatic rings. The van der Waals surface area contributed by atoms with Crippen LogP contribution in [0.3, 0.4) is 0 Å². The highest BCUT2D eigenvalue weighted by Gasteiger charge is 2.36. The maximum atomic E-state index is 13.4. The number of hydrogen-bond donors (Lipinski definition) is 1. The Morgan fingerprint density at radius 2 is 1.60 bits per heavy atom. The normalized spacial score (nSPS) is 13.5. The van der Waals surface area contributed by atoms with Crippen LogP contribution in [0.25, 0.3) is 10.9 Å². The Hall–Kier alpha value is -2.93. The lowest BCUT2D eigenvalue weighted by atomic mass is 9.87. The highest BCUT2D eigenvalue weighted by Crippen LogP contribution is 2.33. The summed E-state index contributed by atoms with van der Waals surface area (Å²) in [6.07, 6.45) is -4.65. The van der Waals surface area contributed by atoms with E-state index < -0.39 is 29.4 Å². The summed E-state index contributed by atoms with van der Waals surface area (Å²) in [5.74, 6) is -0.581. The highest BCUT2D eigenvalue weighted by atomic mass is 19.4. The first-order chi connectivity index (χ1) is 14.0. The van der Waals surface area contributed by atoms with Gasteiger partial charge in [-0.1, -0.05) is 48.5 Å². The Kier molecular flexibility index (Phi) is 5.85. The fraction of sp³-hybridized carbons (Fsp3) is 0.304. The van der Waals surface area contributed by atoms with E-state index in [0.717, 1.165) is 11.6 Å². The van der Waals surface area contributed by atoms with Crippen LogP contribution < -0.4 is 5.32 Å². The molecule has 1 unspecified atom stereocenters. The number of hydrogen-bond acceptors (Lipinski definition) is 3. The van der Waals surface area contributed by atoms with E-state index in [4.69, 9.17) is 0 Å². The first kappa shape index (κ1) is 21.8. The number of fused-ring (bicyclic) bond motifs is 1. The van der Waals surface area contributed by atoms with Gasteiger partial charge >= 0.3 is 6.18 Å². The van der Waals surface area contributed by atoms with E-state index in [9.17, 15) is 18.0 Å². The number of rotatable bonds is 5. The zero-order valence-electron chi connectivity index (χ0n) is 17.3. The van der Waals surface area contributed by atoms with Crippen molar-refractivity contribution >= 4 is 16.8 Å². The second-order valence-corrected chi connectivity index (χ2v) is 7.94. The molecule has 0 radical (unpaired) electrons. The Labute approximate surface area is 173 Å².